The Balaban J connectivity index is 2.51. The van der Waals surface area contributed by atoms with E-state index in [0.29, 0.717) is 19.1 Å². The maximum atomic E-state index is 5.33. The molecule has 0 aromatic carbocycles. The second-order valence-electron chi connectivity index (χ2n) is 5.23. The van der Waals surface area contributed by atoms with Crippen molar-refractivity contribution in [2.45, 2.75) is 26.5 Å². The molecule has 2 N–H and O–H groups in total. The highest BCUT2D eigenvalue weighted by molar-refractivity contribution is 5.43. The van der Waals surface area contributed by atoms with Crippen LogP contribution in [-0.4, -0.2) is 45.0 Å². The van der Waals surface area contributed by atoms with Gasteiger partial charge in [0.15, 0.2) is 0 Å². The number of hydrogen-bond acceptors (Lipinski definition) is 5. The summed E-state index contributed by atoms with van der Waals surface area (Å²) in [5.41, 5.74) is 1.17. The molecule has 0 aliphatic carbocycles. The van der Waals surface area contributed by atoms with E-state index >= 15 is 0 Å². The minimum absolute atomic E-state index is 0.0264. The molecule has 1 rings (SSSR count). The van der Waals surface area contributed by atoms with Gasteiger partial charge in [0.25, 0.3) is 0 Å². The molecule has 0 radical (unpaired) electrons. The Labute approximate surface area is 122 Å². The van der Waals surface area contributed by atoms with Crippen LogP contribution in [0.1, 0.15) is 19.4 Å². The van der Waals surface area contributed by atoms with Crippen LogP contribution < -0.4 is 10.6 Å². The van der Waals surface area contributed by atoms with Gasteiger partial charge in [0, 0.05) is 39.1 Å². The predicted octanol–water partition coefficient (Wildman–Crippen LogP) is 1.90. The lowest BCUT2D eigenvalue weighted by atomic mass is 10.2. The van der Waals surface area contributed by atoms with Crippen molar-refractivity contribution >= 4 is 5.82 Å². The van der Waals surface area contributed by atoms with Crippen molar-refractivity contribution in [3.05, 3.63) is 23.9 Å². The van der Waals surface area contributed by atoms with Crippen LogP contribution in [-0.2, 0) is 16.0 Å². The highest BCUT2D eigenvalue weighted by Crippen LogP contribution is 2.11. The summed E-state index contributed by atoms with van der Waals surface area (Å²) < 4.78 is 10.4. The molecular formula is C15H27N3O2. The minimum atomic E-state index is 0.0264. The zero-order valence-electron chi connectivity index (χ0n) is 13.0. The average Bonchev–Trinajstić information content (AvgIpc) is 2.44. The smallest absolute Gasteiger partial charge is 0.130 e. The van der Waals surface area contributed by atoms with Crippen molar-refractivity contribution in [1.29, 1.82) is 0 Å². The largest absolute Gasteiger partial charge is 0.382 e. The van der Waals surface area contributed by atoms with Crippen molar-refractivity contribution in [2.75, 3.05) is 39.2 Å². The molecule has 0 saturated heterocycles. The van der Waals surface area contributed by atoms with Crippen molar-refractivity contribution in [3.8, 4) is 0 Å². The molecular weight excluding hydrogens is 254 g/mol. The Hall–Kier alpha value is -1.17. The molecule has 0 bridgehead atoms. The van der Waals surface area contributed by atoms with Gasteiger partial charge in [0.1, 0.15) is 5.82 Å². The topological polar surface area (TPSA) is 55.4 Å². The van der Waals surface area contributed by atoms with Crippen molar-refractivity contribution in [1.82, 2.24) is 10.3 Å². The van der Waals surface area contributed by atoms with E-state index in [1.54, 1.807) is 20.4 Å². The summed E-state index contributed by atoms with van der Waals surface area (Å²) in [5.74, 6) is 1.55. The molecule has 1 aromatic rings. The summed E-state index contributed by atoms with van der Waals surface area (Å²) >= 11 is 0. The molecule has 0 aliphatic rings. The van der Waals surface area contributed by atoms with Crippen LogP contribution in [0.5, 0.6) is 0 Å². The van der Waals surface area contributed by atoms with E-state index in [-0.39, 0.29) is 6.10 Å². The maximum absolute atomic E-state index is 5.33. The third-order valence-corrected chi connectivity index (χ3v) is 2.94. The van der Waals surface area contributed by atoms with Crippen LogP contribution in [0.3, 0.4) is 0 Å². The third-order valence-electron chi connectivity index (χ3n) is 2.94. The SMILES string of the molecule is COCC(CNc1ncccc1CNCC(C)C)OC. The Bertz CT molecular complexity index is 372. The van der Waals surface area contributed by atoms with E-state index in [1.807, 2.05) is 6.07 Å². The first-order valence-corrected chi connectivity index (χ1v) is 7.07. The first kappa shape index (κ1) is 16.9. The van der Waals surface area contributed by atoms with Crippen molar-refractivity contribution < 1.29 is 9.47 Å². The molecule has 114 valence electrons. The van der Waals surface area contributed by atoms with Gasteiger partial charge in [-0.25, -0.2) is 4.98 Å². The van der Waals surface area contributed by atoms with Gasteiger partial charge < -0.3 is 20.1 Å². The maximum Gasteiger partial charge on any atom is 0.130 e. The number of rotatable bonds is 10. The van der Waals surface area contributed by atoms with Crippen molar-refractivity contribution in [3.63, 3.8) is 0 Å². The third kappa shape index (κ3) is 6.32. The molecule has 0 fully saturated rings. The minimum Gasteiger partial charge on any atom is -0.382 e. The van der Waals surface area contributed by atoms with Crippen LogP contribution in [0.2, 0.25) is 0 Å². The van der Waals surface area contributed by atoms with Crippen molar-refractivity contribution in [2.24, 2.45) is 5.92 Å². The number of nitrogens with zero attached hydrogens (tertiary/aromatic N) is 1. The van der Waals surface area contributed by atoms with Gasteiger partial charge in [-0.05, 0) is 18.5 Å². The average molecular weight is 281 g/mol. The molecule has 0 saturated carbocycles. The second-order valence-corrected chi connectivity index (χ2v) is 5.23. The van der Waals surface area contributed by atoms with Gasteiger partial charge in [-0.2, -0.15) is 0 Å². The Morgan fingerprint density at radius 1 is 1.25 bits per heavy atom. The van der Waals surface area contributed by atoms with Gasteiger partial charge in [-0.3, -0.25) is 0 Å². The summed E-state index contributed by atoms with van der Waals surface area (Å²) in [6.45, 7) is 7.46. The first-order chi connectivity index (χ1) is 9.67. The normalized spacial score (nSPS) is 12.7. The fraction of sp³-hybridized carbons (Fsp3) is 0.667. The number of aromatic nitrogens is 1. The molecule has 1 unspecified atom stereocenters. The highest BCUT2D eigenvalue weighted by Gasteiger charge is 2.09. The summed E-state index contributed by atoms with van der Waals surface area (Å²) in [5, 5.41) is 6.76. The standard InChI is InChI=1S/C15H27N3O2/c1-12(2)8-16-9-13-6-5-7-17-15(13)18-10-14(20-4)11-19-3/h5-7,12,14,16H,8-11H2,1-4H3,(H,17,18). The van der Waals surface area contributed by atoms with E-state index < -0.39 is 0 Å². The van der Waals surface area contributed by atoms with Gasteiger partial charge in [0.2, 0.25) is 0 Å². The zero-order valence-corrected chi connectivity index (χ0v) is 13.0. The van der Waals surface area contributed by atoms with Crippen LogP contribution in [0.4, 0.5) is 5.82 Å². The first-order valence-electron chi connectivity index (χ1n) is 7.07. The second kappa shape index (κ2) is 9.69. The molecule has 20 heavy (non-hydrogen) atoms. The fourth-order valence-electron chi connectivity index (χ4n) is 1.84. The number of methoxy groups -OCH3 is 2. The van der Waals surface area contributed by atoms with E-state index in [9.17, 15) is 0 Å². The number of hydrogen-bond donors (Lipinski definition) is 2. The van der Waals surface area contributed by atoms with Crippen LogP contribution in [0, 0.1) is 5.92 Å². The predicted molar refractivity (Wildman–Crippen MR) is 81.9 cm³/mol. The van der Waals surface area contributed by atoms with E-state index in [1.165, 1.54) is 5.56 Å². The van der Waals surface area contributed by atoms with Crippen LogP contribution >= 0.6 is 0 Å². The molecule has 1 atom stereocenters. The molecule has 0 aliphatic heterocycles. The summed E-state index contributed by atoms with van der Waals surface area (Å²) in [4.78, 5) is 4.40. The fourth-order valence-corrected chi connectivity index (χ4v) is 1.84. The zero-order chi connectivity index (χ0) is 14.8. The van der Waals surface area contributed by atoms with Gasteiger partial charge in [-0.15, -0.1) is 0 Å². The monoisotopic (exact) mass is 281 g/mol. The van der Waals surface area contributed by atoms with Gasteiger partial charge in [-0.1, -0.05) is 19.9 Å². The molecule has 0 amide bonds. The van der Waals surface area contributed by atoms with Gasteiger partial charge >= 0.3 is 0 Å². The Morgan fingerprint density at radius 2 is 2.05 bits per heavy atom. The number of nitrogens with one attached hydrogen (secondary N) is 2. The molecule has 5 nitrogen and oxygen atoms in total. The summed E-state index contributed by atoms with van der Waals surface area (Å²) in [6, 6.07) is 4.04. The summed E-state index contributed by atoms with van der Waals surface area (Å²) in [6.07, 6.45) is 1.82. The Morgan fingerprint density at radius 3 is 2.70 bits per heavy atom. The lowest BCUT2D eigenvalue weighted by Gasteiger charge is -2.17. The van der Waals surface area contributed by atoms with Crippen LogP contribution in [0.15, 0.2) is 18.3 Å². The van der Waals surface area contributed by atoms with Crippen LogP contribution in [0.25, 0.3) is 0 Å². The number of pyridine rings is 1. The van der Waals surface area contributed by atoms with E-state index in [0.717, 1.165) is 18.9 Å². The molecule has 5 heteroatoms. The van der Waals surface area contributed by atoms with E-state index in [4.69, 9.17) is 9.47 Å². The number of ether oxygens (including phenoxy) is 2. The quantitative estimate of drug-likeness (QED) is 0.686. The van der Waals surface area contributed by atoms with Gasteiger partial charge in [0.05, 0.1) is 12.7 Å². The lowest BCUT2D eigenvalue weighted by Crippen LogP contribution is -2.27. The molecule has 1 aromatic heterocycles. The summed E-state index contributed by atoms with van der Waals surface area (Å²) in [7, 11) is 3.36. The lowest BCUT2D eigenvalue weighted by molar-refractivity contribution is 0.0365. The molecule has 0 spiro atoms. The molecule has 1 heterocycles. The Kier molecular flexibility index (Phi) is 8.18. The number of anilines is 1. The van der Waals surface area contributed by atoms with E-state index in [2.05, 4.69) is 35.5 Å². The highest BCUT2D eigenvalue weighted by atomic mass is 16.5.